The lowest BCUT2D eigenvalue weighted by atomic mass is 10.3. The van der Waals surface area contributed by atoms with Crippen LogP contribution in [0.15, 0.2) is 36.7 Å². The fourth-order valence-electron chi connectivity index (χ4n) is 1.34. The normalized spacial score (nSPS) is 12.7. The van der Waals surface area contributed by atoms with Crippen molar-refractivity contribution in [2.45, 2.75) is 13.0 Å². The van der Waals surface area contributed by atoms with Crippen molar-refractivity contribution in [2.75, 3.05) is 0 Å². The first kappa shape index (κ1) is 8.90. The van der Waals surface area contributed by atoms with E-state index in [0.717, 1.165) is 11.5 Å². The molecule has 0 aliphatic carbocycles. The minimum atomic E-state index is -0.113. The van der Waals surface area contributed by atoms with Gasteiger partial charge in [0.1, 0.15) is 6.33 Å². The minimum Gasteiger partial charge on any atom is -0.322 e. The smallest absolute Gasteiger partial charge is 0.154 e. The van der Waals surface area contributed by atoms with Crippen LogP contribution >= 0.6 is 0 Å². The van der Waals surface area contributed by atoms with Gasteiger partial charge in [0.2, 0.25) is 0 Å². The van der Waals surface area contributed by atoms with Crippen LogP contribution in [0.25, 0.3) is 5.69 Å². The average Bonchev–Trinajstić information content (AvgIpc) is 2.67. The zero-order chi connectivity index (χ0) is 9.97. The third kappa shape index (κ3) is 1.52. The first-order chi connectivity index (χ1) is 6.79. The van der Waals surface area contributed by atoms with Crippen LogP contribution in [-0.4, -0.2) is 14.8 Å². The van der Waals surface area contributed by atoms with Crippen molar-refractivity contribution in [3.8, 4) is 5.69 Å². The van der Waals surface area contributed by atoms with Gasteiger partial charge in [0, 0.05) is 5.69 Å². The van der Waals surface area contributed by atoms with Crippen molar-refractivity contribution in [2.24, 2.45) is 5.73 Å². The Hall–Kier alpha value is -1.68. The molecule has 4 heteroatoms. The van der Waals surface area contributed by atoms with Crippen LogP contribution in [-0.2, 0) is 0 Å². The summed E-state index contributed by atoms with van der Waals surface area (Å²) >= 11 is 0. The number of benzene rings is 1. The topological polar surface area (TPSA) is 56.7 Å². The summed E-state index contributed by atoms with van der Waals surface area (Å²) in [5, 5.41) is 7.83. The van der Waals surface area contributed by atoms with E-state index in [1.165, 1.54) is 0 Å². The van der Waals surface area contributed by atoms with Gasteiger partial charge in [0.25, 0.3) is 0 Å². The van der Waals surface area contributed by atoms with Gasteiger partial charge in [-0.05, 0) is 19.1 Å². The Morgan fingerprint density at radius 2 is 2.00 bits per heavy atom. The molecule has 0 amide bonds. The van der Waals surface area contributed by atoms with Crippen molar-refractivity contribution in [1.82, 2.24) is 14.8 Å². The number of nitrogens with two attached hydrogens (primary N) is 1. The van der Waals surface area contributed by atoms with Crippen LogP contribution in [0.3, 0.4) is 0 Å². The van der Waals surface area contributed by atoms with E-state index in [2.05, 4.69) is 10.2 Å². The summed E-state index contributed by atoms with van der Waals surface area (Å²) in [6.07, 6.45) is 1.67. The molecular formula is C10H12N4. The van der Waals surface area contributed by atoms with Crippen LogP contribution in [0.2, 0.25) is 0 Å². The number of hydrogen-bond acceptors (Lipinski definition) is 3. The van der Waals surface area contributed by atoms with Crippen LogP contribution in [0, 0.1) is 0 Å². The van der Waals surface area contributed by atoms with E-state index in [4.69, 9.17) is 5.73 Å². The highest BCUT2D eigenvalue weighted by Crippen LogP contribution is 2.12. The molecule has 0 bridgehead atoms. The minimum absolute atomic E-state index is 0.113. The Bertz CT molecular complexity index is 405. The monoisotopic (exact) mass is 188 g/mol. The first-order valence-corrected chi connectivity index (χ1v) is 4.50. The van der Waals surface area contributed by atoms with E-state index in [0.29, 0.717) is 0 Å². The standard InChI is InChI=1S/C10H12N4/c1-8(11)10-13-12-7-14(10)9-5-3-2-4-6-9/h2-8H,11H2,1H3. The number of hydrogen-bond donors (Lipinski definition) is 1. The van der Waals surface area contributed by atoms with Gasteiger partial charge in [0.05, 0.1) is 6.04 Å². The number of para-hydroxylation sites is 1. The predicted molar refractivity (Wildman–Crippen MR) is 54.0 cm³/mol. The van der Waals surface area contributed by atoms with Gasteiger partial charge in [-0.15, -0.1) is 10.2 Å². The molecule has 0 fully saturated rings. The van der Waals surface area contributed by atoms with Crippen molar-refractivity contribution in [3.05, 3.63) is 42.5 Å². The molecule has 0 saturated carbocycles. The molecule has 0 aliphatic rings. The molecule has 0 aliphatic heterocycles. The van der Waals surface area contributed by atoms with E-state index >= 15 is 0 Å². The number of nitrogens with zero attached hydrogens (tertiary/aromatic N) is 3. The molecule has 4 nitrogen and oxygen atoms in total. The van der Waals surface area contributed by atoms with Crippen molar-refractivity contribution < 1.29 is 0 Å². The SMILES string of the molecule is CC(N)c1nncn1-c1ccccc1. The highest BCUT2D eigenvalue weighted by atomic mass is 15.3. The second-order valence-corrected chi connectivity index (χ2v) is 3.18. The zero-order valence-corrected chi connectivity index (χ0v) is 7.96. The summed E-state index contributed by atoms with van der Waals surface area (Å²) in [6.45, 7) is 1.89. The van der Waals surface area contributed by atoms with Crippen LogP contribution in [0.4, 0.5) is 0 Å². The summed E-state index contributed by atoms with van der Waals surface area (Å²) in [6, 6.07) is 9.79. The van der Waals surface area contributed by atoms with Gasteiger partial charge >= 0.3 is 0 Å². The molecule has 2 aromatic rings. The quantitative estimate of drug-likeness (QED) is 0.772. The number of aromatic nitrogens is 3. The zero-order valence-electron chi connectivity index (χ0n) is 7.96. The molecule has 2 N–H and O–H groups in total. The summed E-state index contributed by atoms with van der Waals surface area (Å²) in [4.78, 5) is 0. The molecule has 0 saturated heterocycles. The maximum Gasteiger partial charge on any atom is 0.154 e. The Morgan fingerprint density at radius 3 is 2.64 bits per heavy atom. The Morgan fingerprint density at radius 1 is 1.29 bits per heavy atom. The van der Waals surface area contributed by atoms with Gasteiger partial charge in [-0.1, -0.05) is 18.2 Å². The molecule has 2 rings (SSSR count). The summed E-state index contributed by atoms with van der Waals surface area (Å²) in [5.74, 6) is 0.774. The summed E-state index contributed by atoms with van der Waals surface area (Å²) in [5.41, 5.74) is 6.81. The molecule has 1 aromatic carbocycles. The highest BCUT2D eigenvalue weighted by Gasteiger charge is 2.09. The molecule has 1 aromatic heterocycles. The molecular weight excluding hydrogens is 176 g/mol. The Balaban J connectivity index is 2.47. The van der Waals surface area contributed by atoms with Gasteiger partial charge in [-0.2, -0.15) is 0 Å². The predicted octanol–water partition coefficient (Wildman–Crippen LogP) is 1.29. The highest BCUT2D eigenvalue weighted by molar-refractivity contribution is 5.32. The lowest BCUT2D eigenvalue weighted by molar-refractivity contribution is 0.715. The summed E-state index contributed by atoms with van der Waals surface area (Å²) in [7, 11) is 0. The number of rotatable bonds is 2. The van der Waals surface area contributed by atoms with E-state index in [-0.39, 0.29) is 6.04 Å². The second-order valence-electron chi connectivity index (χ2n) is 3.18. The van der Waals surface area contributed by atoms with E-state index in [1.807, 2.05) is 41.8 Å². The van der Waals surface area contributed by atoms with Gasteiger partial charge in [-0.3, -0.25) is 4.57 Å². The van der Waals surface area contributed by atoms with Gasteiger partial charge in [-0.25, -0.2) is 0 Å². The average molecular weight is 188 g/mol. The van der Waals surface area contributed by atoms with Gasteiger partial charge in [0.15, 0.2) is 5.82 Å². The third-order valence-corrected chi connectivity index (χ3v) is 2.02. The van der Waals surface area contributed by atoms with Crippen LogP contribution in [0.1, 0.15) is 18.8 Å². The second kappa shape index (κ2) is 3.59. The van der Waals surface area contributed by atoms with Crippen molar-refractivity contribution in [1.29, 1.82) is 0 Å². The molecule has 1 unspecified atom stereocenters. The van der Waals surface area contributed by atoms with Gasteiger partial charge < -0.3 is 5.73 Å². The summed E-state index contributed by atoms with van der Waals surface area (Å²) < 4.78 is 1.89. The first-order valence-electron chi connectivity index (χ1n) is 4.50. The van der Waals surface area contributed by atoms with Crippen LogP contribution in [0.5, 0.6) is 0 Å². The largest absolute Gasteiger partial charge is 0.322 e. The van der Waals surface area contributed by atoms with Crippen LogP contribution < -0.4 is 5.73 Å². The van der Waals surface area contributed by atoms with E-state index in [9.17, 15) is 0 Å². The Labute approximate surface area is 82.4 Å². The molecule has 1 atom stereocenters. The molecule has 0 radical (unpaired) electrons. The maximum absolute atomic E-state index is 5.77. The molecule has 0 spiro atoms. The molecule has 14 heavy (non-hydrogen) atoms. The third-order valence-electron chi connectivity index (χ3n) is 2.02. The van der Waals surface area contributed by atoms with Crippen molar-refractivity contribution >= 4 is 0 Å². The lowest BCUT2D eigenvalue weighted by Crippen LogP contribution is -2.12. The van der Waals surface area contributed by atoms with E-state index < -0.39 is 0 Å². The molecule has 1 heterocycles. The Kier molecular flexibility index (Phi) is 2.28. The van der Waals surface area contributed by atoms with E-state index in [1.54, 1.807) is 6.33 Å². The lowest BCUT2D eigenvalue weighted by Gasteiger charge is -2.07. The fraction of sp³-hybridized carbons (Fsp3) is 0.200. The fourth-order valence-corrected chi connectivity index (χ4v) is 1.34. The maximum atomic E-state index is 5.77. The molecule has 72 valence electrons. The van der Waals surface area contributed by atoms with Crippen molar-refractivity contribution in [3.63, 3.8) is 0 Å².